The van der Waals surface area contributed by atoms with E-state index in [0.717, 1.165) is 13.0 Å². The van der Waals surface area contributed by atoms with Crippen LogP contribution >= 0.6 is 0 Å². The van der Waals surface area contributed by atoms with Gasteiger partial charge in [0.05, 0.1) is 6.17 Å². The van der Waals surface area contributed by atoms with Crippen LogP contribution in [0, 0.1) is 0 Å². The van der Waals surface area contributed by atoms with Gasteiger partial charge in [0, 0.05) is 12.8 Å². The van der Waals surface area contributed by atoms with Gasteiger partial charge in [-0.1, -0.05) is 31.9 Å². The van der Waals surface area contributed by atoms with Crippen LogP contribution in [0.3, 0.4) is 0 Å². The predicted octanol–water partition coefficient (Wildman–Crippen LogP) is 3.70. The lowest BCUT2D eigenvalue weighted by atomic mass is 10.1. The van der Waals surface area contributed by atoms with Crippen molar-refractivity contribution in [2.45, 2.75) is 77.5 Å². The Morgan fingerprint density at radius 2 is 1.95 bits per heavy atom. The second-order valence-corrected chi connectivity index (χ2v) is 5.50. The topological polar surface area (TPSA) is 41.6 Å². The monoisotopic (exact) mass is 265 g/mol. The van der Waals surface area contributed by atoms with E-state index >= 15 is 0 Å². The van der Waals surface area contributed by atoms with Crippen LogP contribution in [0.4, 0.5) is 0 Å². The van der Waals surface area contributed by atoms with Crippen molar-refractivity contribution in [2.75, 3.05) is 6.54 Å². The minimum Gasteiger partial charge on any atom is -0.316 e. The zero-order chi connectivity index (χ0) is 13.9. The minimum absolute atomic E-state index is 0.117. The van der Waals surface area contributed by atoms with E-state index in [0.29, 0.717) is 6.17 Å². The molecule has 0 radical (unpaired) electrons. The molecule has 0 saturated heterocycles. The smallest absolute Gasteiger partial charge is 0.103 e. The van der Waals surface area contributed by atoms with Crippen LogP contribution in [-0.4, -0.2) is 30.0 Å². The van der Waals surface area contributed by atoms with Crippen molar-refractivity contribution in [3.63, 3.8) is 0 Å². The third kappa shape index (κ3) is 6.88. The quantitative estimate of drug-likeness (QED) is 0.483. The van der Waals surface area contributed by atoms with Gasteiger partial charge in [0.25, 0.3) is 0 Å². The summed E-state index contributed by atoms with van der Waals surface area (Å²) in [5.74, 6) is 0. The first kappa shape index (κ1) is 16.4. The second kappa shape index (κ2) is 10.2. The Morgan fingerprint density at radius 3 is 2.58 bits per heavy atom. The molecule has 0 amide bonds. The molecule has 1 rings (SSSR count). The Balaban J connectivity index is 2.00. The Hall–Kier alpha value is -0.670. The molecule has 0 spiro atoms. The lowest BCUT2D eigenvalue weighted by Gasteiger charge is -2.26. The number of nitrogens with two attached hydrogens (primary N) is 1. The van der Waals surface area contributed by atoms with Crippen LogP contribution in [0.2, 0.25) is 0 Å². The highest BCUT2D eigenvalue weighted by Gasteiger charge is 2.22. The molecule has 0 bridgehead atoms. The third-order valence-electron chi connectivity index (χ3n) is 3.70. The highest BCUT2D eigenvalue weighted by molar-refractivity contribution is 5.62. The van der Waals surface area contributed by atoms with Gasteiger partial charge in [-0.3, -0.25) is 9.89 Å². The van der Waals surface area contributed by atoms with E-state index in [1.54, 1.807) is 0 Å². The highest BCUT2D eigenvalue weighted by atomic mass is 15.3. The van der Waals surface area contributed by atoms with Crippen LogP contribution in [-0.2, 0) is 0 Å². The summed E-state index contributed by atoms with van der Waals surface area (Å²) in [5.41, 5.74) is 5.93. The molecule has 2 N–H and O–H groups in total. The summed E-state index contributed by atoms with van der Waals surface area (Å²) in [6.07, 6.45) is 17.3. The summed E-state index contributed by atoms with van der Waals surface area (Å²) in [6, 6.07) is 0. The first-order valence-electron chi connectivity index (χ1n) is 7.93. The fraction of sp³-hybridized carbons (Fsp3) is 0.812. The molecule has 3 nitrogen and oxygen atoms in total. The number of aliphatic imine (C=N–C) groups is 1. The molecule has 2 atom stereocenters. The van der Waals surface area contributed by atoms with Gasteiger partial charge >= 0.3 is 0 Å². The third-order valence-corrected chi connectivity index (χ3v) is 3.70. The molecule has 0 aromatic rings. The molecule has 0 aliphatic carbocycles. The average Bonchev–Trinajstić information content (AvgIpc) is 2.85. The number of allylic oxidation sites excluding steroid dienone is 2. The van der Waals surface area contributed by atoms with Crippen LogP contribution in [0.5, 0.6) is 0 Å². The van der Waals surface area contributed by atoms with Crippen LogP contribution in [0.15, 0.2) is 17.1 Å². The maximum absolute atomic E-state index is 5.93. The first-order chi connectivity index (χ1) is 9.25. The Morgan fingerprint density at radius 1 is 1.26 bits per heavy atom. The number of hydrogen-bond acceptors (Lipinski definition) is 3. The van der Waals surface area contributed by atoms with E-state index in [2.05, 4.69) is 29.0 Å². The molecule has 19 heavy (non-hydrogen) atoms. The maximum Gasteiger partial charge on any atom is 0.103 e. The summed E-state index contributed by atoms with van der Waals surface area (Å²) in [5, 5.41) is 0. The Labute approximate surface area is 119 Å². The summed E-state index contributed by atoms with van der Waals surface area (Å²) >= 11 is 0. The number of rotatable bonds is 10. The standard InChI is InChI=1S/C16H31N3/c1-3-4-5-6-7-8-9-10-11-12-16-18-13-14-19(16)15(2)17/h7-8,13,15-16H,3-6,9-12,14,17H2,1-2H3/b8-7+. The van der Waals surface area contributed by atoms with Crippen LogP contribution < -0.4 is 5.73 Å². The van der Waals surface area contributed by atoms with Gasteiger partial charge in [0.1, 0.15) is 6.17 Å². The summed E-state index contributed by atoms with van der Waals surface area (Å²) in [7, 11) is 0. The van der Waals surface area contributed by atoms with E-state index in [9.17, 15) is 0 Å². The van der Waals surface area contributed by atoms with Crippen LogP contribution in [0.25, 0.3) is 0 Å². The van der Waals surface area contributed by atoms with E-state index in [1.807, 2.05) is 13.1 Å². The minimum atomic E-state index is 0.117. The molecule has 0 fully saturated rings. The SMILES string of the molecule is CCCCC/C=C/CCCCC1N=CCN1C(C)N. The van der Waals surface area contributed by atoms with Gasteiger partial charge in [-0.15, -0.1) is 0 Å². The predicted molar refractivity (Wildman–Crippen MR) is 84.4 cm³/mol. The van der Waals surface area contributed by atoms with Crippen molar-refractivity contribution in [1.82, 2.24) is 4.90 Å². The van der Waals surface area contributed by atoms with Gasteiger partial charge in [0.2, 0.25) is 0 Å². The largest absolute Gasteiger partial charge is 0.316 e. The molecule has 1 aliphatic heterocycles. The molecule has 0 saturated carbocycles. The van der Waals surface area contributed by atoms with Gasteiger partial charge in [-0.25, -0.2) is 0 Å². The lowest BCUT2D eigenvalue weighted by molar-refractivity contribution is 0.182. The molecular weight excluding hydrogens is 234 g/mol. The lowest BCUT2D eigenvalue weighted by Crippen LogP contribution is -2.43. The van der Waals surface area contributed by atoms with Gasteiger partial charge < -0.3 is 5.73 Å². The number of nitrogens with zero attached hydrogens (tertiary/aromatic N) is 2. The van der Waals surface area contributed by atoms with Gasteiger partial charge in [-0.05, 0) is 45.4 Å². The Bertz CT molecular complexity index is 271. The second-order valence-electron chi connectivity index (χ2n) is 5.50. The van der Waals surface area contributed by atoms with Crippen molar-refractivity contribution < 1.29 is 0 Å². The molecule has 110 valence electrons. The van der Waals surface area contributed by atoms with E-state index in [4.69, 9.17) is 5.73 Å². The molecule has 1 heterocycles. The molecule has 0 aromatic carbocycles. The van der Waals surface area contributed by atoms with E-state index in [-0.39, 0.29) is 6.17 Å². The highest BCUT2D eigenvalue weighted by Crippen LogP contribution is 2.16. The average molecular weight is 265 g/mol. The molecule has 2 unspecified atom stereocenters. The summed E-state index contributed by atoms with van der Waals surface area (Å²) in [4.78, 5) is 6.77. The van der Waals surface area contributed by atoms with Gasteiger partial charge in [0.15, 0.2) is 0 Å². The fourth-order valence-corrected chi connectivity index (χ4v) is 2.49. The fourth-order valence-electron chi connectivity index (χ4n) is 2.49. The number of hydrogen-bond donors (Lipinski definition) is 1. The van der Waals surface area contributed by atoms with Crippen molar-refractivity contribution in [1.29, 1.82) is 0 Å². The van der Waals surface area contributed by atoms with E-state index in [1.165, 1.54) is 44.9 Å². The van der Waals surface area contributed by atoms with E-state index < -0.39 is 0 Å². The first-order valence-corrected chi connectivity index (χ1v) is 7.93. The van der Waals surface area contributed by atoms with Crippen molar-refractivity contribution in [3.05, 3.63) is 12.2 Å². The zero-order valence-electron chi connectivity index (χ0n) is 12.7. The Kier molecular flexibility index (Phi) is 8.76. The normalized spacial score (nSPS) is 21.5. The molecule has 0 aromatic heterocycles. The molecule has 3 heteroatoms. The molecule has 1 aliphatic rings. The van der Waals surface area contributed by atoms with Gasteiger partial charge in [-0.2, -0.15) is 0 Å². The molecular formula is C16H31N3. The maximum atomic E-state index is 5.93. The zero-order valence-corrected chi connectivity index (χ0v) is 12.7. The van der Waals surface area contributed by atoms with Crippen molar-refractivity contribution in [3.8, 4) is 0 Å². The summed E-state index contributed by atoms with van der Waals surface area (Å²) < 4.78 is 0. The summed E-state index contributed by atoms with van der Waals surface area (Å²) in [6.45, 7) is 5.21. The number of unbranched alkanes of at least 4 members (excludes halogenated alkanes) is 5. The van der Waals surface area contributed by atoms with Crippen molar-refractivity contribution in [2.24, 2.45) is 10.7 Å². The van der Waals surface area contributed by atoms with Crippen LogP contribution in [0.1, 0.15) is 65.2 Å². The van der Waals surface area contributed by atoms with Crippen molar-refractivity contribution >= 4 is 6.21 Å².